The van der Waals surface area contributed by atoms with Crippen LogP contribution < -0.4 is 10.5 Å². The Bertz CT molecular complexity index is 345. The fraction of sp³-hybridized carbons (Fsp3) is 0.444. The molecule has 0 unspecified atom stereocenters. The minimum absolute atomic E-state index is 0.0710. The third-order valence-electron chi connectivity index (χ3n) is 1.64. The largest absolute Gasteiger partial charge is 0.483 e. The van der Waals surface area contributed by atoms with E-state index in [4.69, 9.17) is 5.73 Å². The van der Waals surface area contributed by atoms with Crippen LogP contribution >= 0.6 is 22.6 Å². The maximum absolute atomic E-state index is 11.8. The van der Waals surface area contributed by atoms with E-state index >= 15 is 0 Å². The van der Waals surface area contributed by atoms with E-state index in [1.165, 1.54) is 18.3 Å². The molecule has 0 saturated carbocycles. The first-order chi connectivity index (χ1) is 7.18. The molecule has 1 heterocycles. The first-order valence-electron chi connectivity index (χ1n) is 4.32. The van der Waals surface area contributed by atoms with Gasteiger partial charge >= 0.3 is 6.18 Å². The van der Waals surface area contributed by atoms with E-state index in [-0.39, 0.29) is 5.75 Å². The van der Waals surface area contributed by atoms with Crippen molar-refractivity contribution in [1.82, 2.24) is 4.98 Å². The maximum Gasteiger partial charge on any atom is 0.422 e. The summed E-state index contributed by atoms with van der Waals surface area (Å²) in [5.74, 6) is 0.0710. The summed E-state index contributed by atoms with van der Waals surface area (Å²) in [5.41, 5.74) is 6.33. The summed E-state index contributed by atoms with van der Waals surface area (Å²) in [5, 5.41) is 0. The van der Waals surface area contributed by atoms with E-state index in [9.17, 15) is 13.2 Å². The molecular formula is C9H10F3IN2O. The number of halogens is 4. The van der Waals surface area contributed by atoms with Crippen molar-refractivity contribution in [3.8, 4) is 5.75 Å². The van der Waals surface area contributed by atoms with Crippen molar-refractivity contribution >= 4 is 22.6 Å². The molecule has 0 aliphatic heterocycles. The zero-order chi connectivity index (χ0) is 12.4. The van der Waals surface area contributed by atoms with Gasteiger partial charge in [0.25, 0.3) is 0 Å². The van der Waals surface area contributed by atoms with Crippen LogP contribution in [0.4, 0.5) is 13.2 Å². The van der Waals surface area contributed by atoms with Crippen molar-refractivity contribution in [3.63, 3.8) is 0 Å². The van der Waals surface area contributed by atoms with Crippen LogP contribution in [0.15, 0.2) is 18.3 Å². The first kappa shape index (κ1) is 13.5. The molecule has 1 aromatic rings. The third-order valence-corrected chi connectivity index (χ3v) is 2.19. The van der Waals surface area contributed by atoms with E-state index in [1.54, 1.807) is 6.92 Å². The monoisotopic (exact) mass is 346 g/mol. The number of ether oxygens (including phenoxy) is 1. The van der Waals surface area contributed by atoms with Gasteiger partial charge in [-0.25, -0.2) is 0 Å². The summed E-state index contributed by atoms with van der Waals surface area (Å²) in [6.07, 6.45) is -3.12. The molecule has 0 saturated heterocycles. The number of aromatic nitrogens is 1. The average Bonchev–Trinajstić information content (AvgIpc) is 2.13. The van der Waals surface area contributed by atoms with Gasteiger partial charge in [0.2, 0.25) is 0 Å². The average molecular weight is 346 g/mol. The van der Waals surface area contributed by atoms with Crippen molar-refractivity contribution in [1.29, 1.82) is 0 Å². The Morgan fingerprint density at radius 3 is 2.44 bits per heavy atom. The fourth-order valence-corrected chi connectivity index (χ4v) is 1.24. The standard InChI is InChI=1S/C9H10F3IN2O/c1-8(13,14)7-3-2-6(4-15-7)16-5-9(10,11)12/h2-4H,5,14H2,1H3/t8-/m0/s1. The molecule has 0 spiro atoms. The Morgan fingerprint density at radius 2 is 2.06 bits per heavy atom. The van der Waals surface area contributed by atoms with Gasteiger partial charge in [-0.15, -0.1) is 0 Å². The van der Waals surface area contributed by atoms with Gasteiger partial charge in [-0.1, -0.05) is 22.6 Å². The molecule has 0 fully saturated rings. The highest BCUT2D eigenvalue weighted by Crippen LogP contribution is 2.25. The molecule has 16 heavy (non-hydrogen) atoms. The SMILES string of the molecule is C[C@@](N)(I)c1ccc(OCC(F)(F)F)cn1. The summed E-state index contributed by atoms with van der Waals surface area (Å²) in [6, 6.07) is 2.95. The van der Waals surface area contributed by atoms with Gasteiger partial charge in [-0.05, 0) is 19.1 Å². The molecule has 1 aromatic heterocycles. The molecule has 0 aromatic carbocycles. The van der Waals surface area contributed by atoms with Crippen molar-refractivity contribution in [2.45, 2.75) is 16.6 Å². The number of hydrogen-bond donors (Lipinski definition) is 1. The predicted molar refractivity (Wildman–Crippen MR) is 61.3 cm³/mol. The highest BCUT2D eigenvalue weighted by atomic mass is 127. The number of hydrogen-bond acceptors (Lipinski definition) is 3. The lowest BCUT2D eigenvalue weighted by atomic mass is 10.2. The van der Waals surface area contributed by atoms with Gasteiger partial charge in [-0.3, -0.25) is 4.98 Å². The van der Waals surface area contributed by atoms with Gasteiger partial charge in [0.05, 0.1) is 11.9 Å². The molecular weight excluding hydrogens is 336 g/mol. The molecule has 2 N–H and O–H groups in total. The molecule has 0 bridgehead atoms. The highest BCUT2D eigenvalue weighted by Gasteiger charge is 2.28. The summed E-state index contributed by atoms with van der Waals surface area (Å²) in [4.78, 5) is 3.93. The Kier molecular flexibility index (Phi) is 4.00. The number of alkyl halides is 4. The van der Waals surface area contributed by atoms with E-state index in [1.807, 2.05) is 22.6 Å². The minimum atomic E-state index is -4.34. The quantitative estimate of drug-likeness (QED) is 0.520. The van der Waals surface area contributed by atoms with Crippen LogP contribution in [0, 0.1) is 0 Å². The number of nitrogens with two attached hydrogens (primary N) is 1. The molecule has 90 valence electrons. The first-order valence-corrected chi connectivity index (χ1v) is 5.40. The molecule has 0 aliphatic rings. The number of rotatable bonds is 3. The maximum atomic E-state index is 11.8. The molecule has 0 radical (unpaired) electrons. The van der Waals surface area contributed by atoms with Crippen LogP contribution in [0.3, 0.4) is 0 Å². The molecule has 0 amide bonds. The lowest BCUT2D eigenvalue weighted by Gasteiger charge is -2.16. The van der Waals surface area contributed by atoms with E-state index in [0.29, 0.717) is 5.69 Å². The number of nitrogens with zero attached hydrogens (tertiary/aromatic N) is 1. The van der Waals surface area contributed by atoms with Gasteiger partial charge in [0, 0.05) is 0 Å². The van der Waals surface area contributed by atoms with Crippen molar-refractivity contribution in [3.05, 3.63) is 24.0 Å². The van der Waals surface area contributed by atoms with Gasteiger partial charge in [0.15, 0.2) is 6.61 Å². The van der Waals surface area contributed by atoms with Crippen molar-refractivity contribution in [2.75, 3.05) is 6.61 Å². The van der Waals surface area contributed by atoms with Crippen molar-refractivity contribution in [2.24, 2.45) is 5.73 Å². The molecule has 0 aliphatic carbocycles. The minimum Gasteiger partial charge on any atom is -0.483 e. The lowest BCUT2D eigenvalue weighted by Crippen LogP contribution is -2.26. The normalized spacial score (nSPS) is 15.6. The van der Waals surface area contributed by atoms with E-state index < -0.39 is 16.3 Å². The molecule has 3 nitrogen and oxygen atoms in total. The van der Waals surface area contributed by atoms with Gasteiger partial charge < -0.3 is 10.5 Å². The van der Waals surface area contributed by atoms with E-state index in [2.05, 4.69) is 9.72 Å². The van der Waals surface area contributed by atoms with E-state index in [0.717, 1.165) is 0 Å². The zero-order valence-electron chi connectivity index (χ0n) is 8.38. The second-order valence-electron chi connectivity index (χ2n) is 3.36. The van der Waals surface area contributed by atoms with Crippen LogP contribution in [0.25, 0.3) is 0 Å². The van der Waals surface area contributed by atoms with Crippen LogP contribution in [0.2, 0.25) is 0 Å². The van der Waals surface area contributed by atoms with Gasteiger partial charge in [-0.2, -0.15) is 13.2 Å². The van der Waals surface area contributed by atoms with Crippen LogP contribution in [0.5, 0.6) is 5.75 Å². The number of pyridine rings is 1. The Hall–Kier alpha value is -0.570. The second kappa shape index (κ2) is 4.74. The Balaban J connectivity index is 2.66. The molecule has 1 atom stereocenters. The van der Waals surface area contributed by atoms with Crippen molar-refractivity contribution < 1.29 is 17.9 Å². The highest BCUT2D eigenvalue weighted by molar-refractivity contribution is 14.1. The second-order valence-corrected chi connectivity index (χ2v) is 5.60. The summed E-state index contributed by atoms with van der Waals surface area (Å²) >= 11 is 1.98. The summed E-state index contributed by atoms with van der Waals surface area (Å²) in [6.45, 7) is 0.421. The zero-order valence-corrected chi connectivity index (χ0v) is 10.5. The Labute approximate surface area is 104 Å². The lowest BCUT2D eigenvalue weighted by molar-refractivity contribution is -0.153. The fourth-order valence-electron chi connectivity index (χ4n) is 0.920. The third kappa shape index (κ3) is 4.52. The predicted octanol–water partition coefficient (Wildman–Crippen LogP) is 2.59. The Morgan fingerprint density at radius 1 is 1.44 bits per heavy atom. The van der Waals surface area contributed by atoms with Crippen LogP contribution in [-0.2, 0) is 3.55 Å². The van der Waals surface area contributed by atoms with Crippen LogP contribution in [0.1, 0.15) is 12.6 Å². The summed E-state index contributed by atoms with van der Waals surface area (Å²) in [7, 11) is 0. The molecule has 1 rings (SSSR count). The van der Waals surface area contributed by atoms with Crippen LogP contribution in [-0.4, -0.2) is 17.8 Å². The summed E-state index contributed by atoms with van der Waals surface area (Å²) < 4.78 is 39.4. The molecule has 7 heteroatoms. The smallest absolute Gasteiger partial charge is 0.422 e. The topological polar surface area (TPSA) is 48.1 Å². The van der Waals surface area contributed by atoms with Gasteiger partial charge in [0.1, 0.15) is 9.30 Å².